The highest BCUT2D eigenvalue weighted by Gasteiger charge is 2.07. The molecule has 2 aromatic heterocycles. The van der Waals surface area contributed by atoms with Crippen molar-refractivity contribution < 1.29 is 0 Å². The Morgan fingerprint density at radius 1 is 1.50 bits per heavy atom. The molecule has 0 spiro atoms. The first-order valence-corrected chi connectivity index (χ1v) is 5.10. The molecule has 2 aromatic rings. The van der Waals surface area contributed by atoms with E-state index in [1.807, 2.05) is 30.9 Å². The van der Waals surface area contributed by atoms with E-state index in [1.165, 1.54) is 0 Å². The summed E-state index contributed by atoms with van der Waals surface area (Å²) in [5.74, 6) is 0.811. The molecule has 0 atom stereocenters. The lowest BCUT2D eigenvalue weighted by atomic mass is 10.5. The number of anilines is 1. The van der Waals surface area contributed by atoms with Gasteiger partial charge in [-0.2, -0.15) is 5.10 Å². The van der Waals surface area contributed by atoms with E-state index in [2.05, 4.69) is 22.0 Å². The lowest BCUT2D eigenvalue weighted by Crippen LogP contribution is -2.05. The van der Waals surface area contributed by atoms with Gasteiger partial charge in [-0.25, -0.2) is 4.98 Å². The first kappa shape index (κ1) is 10.5. The van der Waals surface area contributed by atoms with Gasteiger partial charge in [-0.3, -0.25) is 9.25 Å². The molecule has 5 heteroatoms. The van der Waals surface area contributed by atoms with Crippen LogP contribution >= 0.6 is 0 Å². The van der Waals surface area contributed by atoms with Crippen molar-refractivity contribution in [3.05, 3.63) is 36.9 Å². The molecule has 0 unspecified atom stereocenters. The molecule has 0 radical (unpaired) electrons. The van der Waals surface area contributed by atoms with Crippen molar-refractivity contribution in [2.24, 2.45) is 7.05 Å². The molecular formula is C11H15N5. The fraction of sp³-hybridized carbons (Fsp3) is 0.273. The Labute approximate surface area is 94.4 Å². The zero-order chi connectivity index (χ0) is 11.5. The molecular weight excluding hydrogens is 202 g/mol. The SMILES string of the molecule is C=CCNc1nc(C)cn1-c1cnn(C)c1. The molecule has 0 aliphatic heterocycles. The Kier molecular flexibility index (Phi) is 2.76. The molecule has 84 valence electrons. The fourth-order valence-corrected chi connectivity index (χ4v) is 1.52. The molecule has 5 nitrogen and oxygen atoms in total. The average molecular weight is 217 g/mol. The van der Waals surface area contributed by atoms with E-state index in [1.54, 1.807) is 17.0 Å². The number of rotatable bonds is 4. The Morgan fingerprint density at radius 2 is 2.31 bits per heavy atom. The maximum atomic E-state index is 4.40. The third-order valence-corrected chi connectivity index (χ3v) is 2.20. The summed E-state index contributed by atoms with van der Waals surface area (Å²) in [5.41, 5.74) is 1.96. The Hall–Kier alpha value is -2.04. The highest BCUT2D eigenvalue weighted by atomic mass is 15.3. The van der Waals surface area contributed by atoms with Gasteiger partial charge in [0.15, 0.2) is 0 Å². The minimum Gasteiger partial charge on any atom is -0.352 e. The topological polar surface area (TPSA) is 47.7 Å². The van der Waals surface area contributed by atoms with Crippen LogP contribution in [0.4, 0.5) is 5.95 Å². The summed E-state index contributed by atoms with van der Waals surface area (Å²) < 4.78 is 3.74. The van der Waals surface area contributed by atoms with E-state index < -0.39 is 0 Å². The summed E-state index contributed by atoms with van der Waals surface area (Å²) in [6.45, 7) is 6.33. The zero-order valence-electron chi connectivity index (χ0n) is 9.51. The number of nitrogens with one attached hydrogen (secondary N) is 1. The van der Waals surface area contributed by atoms with Crippen LogP contribution in [0.1, 0.15) is 5.69 Å². The monoisotopic (exact) mass is 217 g/mol. The molecule has 0 aliphatic rings. The highest BCUT2D eigenvalue weighted by molar-refractivity contribution is 5.41. The maximum absolute atomic E-state index is 4.40. The lowest BCUT2D eigenvalue weighted by Gasteiger charge is -2.05. The normalized spacial score (nSPS) is 10.4. The van der Waals surface area contributed by atoms with E-state index >= 15 is 0 Å². The summed E-state index contributed by atoms with van der Waals surface area (Å²) in [6.07, 6.45) is 7.53. The number of aryl methyl sites for hydroxylation is 2. The fourth-order valence-electron chi connectivity index (χ4n) is 1.52. The largest absolute Gasteiger partial charge is 0.352 e. The second kappa shape index (κ2) is 4.22. The van der Waals surface area contributed by atoms with Gasteiger partial charge in [0.2, 0.25) is 5.95 Å². The molecule has 0 bridgehead atoms. The van der Waals surface area contributed by atoms with E-state index in [4.69, 9.17) is 0 Å². The van der Waals surface area contributed by atoms with Gasteiger partial charge in [0.25, 0.3) is 0 Å². The van der Waals surface area contributed by atoms with Gasteiger partial charge >= 0.3 is 0 Å². The first-order valence-electron chi connectivity index (χ1n) is 5.10. The van der Waals surface area contributed by atoms with Crippen molar-refractivity contribution in [2.45, 2.75) is 6.92 Å². The van der Waals surface area contributed by atoms with Gasteiger partial charge in [0, 0.05) is 26.0 Å². The summed E-state index contributed by atoms with van der Waals surface area (Å²) in [5, 5.41) is 7.33. The number of hydrogen-bond acceptors (Lipinski definition) is 3. The van der Waals surface area contributed by atoms with E-state index in [0.29, 0.717) is 6.54 Å². The van der Waals surface area contributed by atoms with Crippen LogP contribution in [-0.2, 0) is 7.05 Å². The Morgan fingerprint density at radius 3 is 2.94 bits per heavy atom. The van der Waals surface area contributed by atoms with Gasteiger partial charge in [0.1, 0.15) is 0 Å². The van der Waals surface area contributed by atoms with Crippen LogP contribution in [0.2, 0.25) is 0 Å². The van der Waals surface area contributed by atoms with Gasteiger partial charge in [0.05, 0.1) is 17.6 Å². The molecule has 0 saturated carbocycles. The third-order valence-electron chi connectivity index (χ3n) is 2.20. The quantitative estimate of drug-likeness (QED) is 0.790. The van der Waals surface area contributed by atoms with Crippen molar-refractivity contribution in [3.63, 3.8) is 0 Å². The van der Waals surface area contributed by atoms with Gasteiger partial charge in [-0.15, -0.1) is 6.58 Å². The van der Waals surface area contributed by atoms with Crippen molar-refractivity contribution in [3.8, 4) is 5.69 Å². The van der Waals surface area contributed by atoms with E-state index in [0.717, 1.165) is 17.3 Å². The predicted octanol–water partition coefficient (Wildman–Crippen LogP) is 1.51. The second-order valence-electron chi connectivity index (χ2n) is 3.62. The molecule has 2 rings (SSSR count). The number of aromatic nitrogens is 4. The molecule has 2 heterocycles. The summed E-state index contributed by atoms with van der Waals surface area (Å²) in [4.78, 5) is 4.40. The van der Waals surface area contributed by atoms with Crippen LogP contribution in [-0.4, -0.2) is 25.9 Å². The van der Waals surface area contributed by atoms with Crippen LogP contribution in [0.15, 0.2) is 31.2 Å². The molecule has 0 amide bonds. The maximum Gasteiger partial charge on any atom is 0.208 e. The molecule has 0 aromatic carbocycles. The standard InChI is InChI=1S/C11H15N5/c1-4-5-12-11-14-9(2)7-16(11)10-6-13-15(3)8-10/h4,6-8H,1,5H2,2-3H3,(H,12,14). The smallest absolute Gasteiger partial charge is 0.208 e. The van der Waals surface area contributed by atoms with Crippen molar-refractivity contribution in [1.82, 2.24) is 19.3 Å². The van der Waals surface area contributed by atoms with Gasteiger partial charge in [-0.05, 0) is 6.92 Å². The van der Waals surface area contributed by atoms with E-state index in [-0.39, 0.29) is 0 Å². The zero-order valence-corrected chi connectivity index (χ0v) is 9.51. The van der Waals surface area contributed by atoms with Crippen LogP contribution in [0.25, 0.3) is 5.69 Å². The van der Waals surface area contributed by atoms with Crippen LogP contribution in [0, 0.1) is 6.92 Å². The van der Waals surface area contributed by atoms with Crippen molar-refractivity contribution in [1.29, 1.82) is 0 Å². The molecule has 16 heavy (non-hydrogen) atoms. The highest BCUT2D eigenvalue weighted by Crippen LogP contribution is 2.15. The second-order valence-corrected chi connectivity index (χ2v) is 3.62. The van der Waals surface area contributed by atoms with Crippen molar-refractivity contribution in [2.75, 3.05) is 11.9 Å². The Bertz CT molecular complexity index is 494. The average Bonchev–Trinajstić information content (AvgIpc) is 2.81. The van der Waals surface area contributed by atoms with Crippen LogP contribution in [0.5, 0.6) is 0 Å². The number of hydrogen-bond donors (Lipinski definition) is 1. The summed E-state index contributed by atoms with van der Waals surface area (Å²) in [7, 11) is 1.89. The lowest BCUT2D eigenvalue weighted by molar-refractivity contribution is 0.767. The van der Waals surface area contributed by atoms with E-state index in [9.17, 15) is 0 Å². The van der Waals surface area contributed by atoms with Crippen LogP contribution in [0.3, 0.4) is 0 Å². The van der Waals surface area contributed by atoms with Gasteiger partial charge in [-0.1, -0.05) is 6.08 Å². The summed E-state index contributed by atoms with van der Waals surface area (Å²) >= 11 is 0. The molecule has 0 saturated heterocycles. The summed E-state index contributed by atoms with van der Waals surface area (Å²) in [6, 6.07) is 0. The van der Waals surface area contributed by atoms with Gasteiger partial charge < -0.3 is 5.32 Å². The minimum atomic E-state index is 0.691. The first-order chi connectivity index (χ1) is 7.70. The number of nitrogens with zero attached hydrogens (tertiary/aromatic N) is 4. The van der Waals surface area contributed by atoms with Crippen molar-refractivity contribution >= 4 is 5.95 Å². The van der Waals surface area contributed by atoms with Crippen LogP contribution < -0.4 is 5.32 Å². The number of imidazole rings is 1. The third kappa shape index (κ3) is 1.98. The molecule has 1 N–H and O–H groups in total. The molecule has 0 fully saturated rings. The Balaban J connectivity index is 2.35. The predicted molar refractivity (Wildman–Crippen MR) is 63.8 cm³/mol. The molecule has 0 aliphatic carbocycles. The minimum absolute atomic E-state index is 0.691.